The Morgan fingerprint density at radius 1 is 1.50 bits per heavy atom. The Kier molecular flexibility index (Phi) is 5.33. The molecular weight excluding hydrogens is 202 g/mol. The number of hydrogen-bond donors (Lipinski definition) is 1. The van der Waals surface area contributed by atoms with Gasteiger partial charge in [-0.3, -0.25) is 0 Å². The summed E-state index contributed by atoms with van der Waals surface area (Å²) < 4.78 is 29.8. The van der Waals surface area contributed by atoms with E-state index in [1.807, 2.05) is 20.8 Å². The van der Waals surface area contributed by atoms with Crippen LogP contribution in [0.3, 0.4) is 0 Å². The van der Waals surface area contributed by atoms with Gasteiger partial charge in [0.25, 0.3) is 0 Å². The molecular formula is C9H19NO3S. The molecule has 0 amide bonds. The van der Waals surface area contributed by atoms with Gasteiger partial charge in [0.05, 0.1) is 6.61 Å². The maximum atomic E-state index is 11.0. The lowest BCUT2D eigenvalue weighted by Gasteiger charge is -2.23. The van der Waals surface area contributed by atoms with Crippen molar-refractivity contribution >= 4 is 10.0 Å². The van der Waals surface area contributed by atoms with Crippen molar-refractivity contribution in [1.82, 2.24) is 4.72 Å². The highest BCUT2D eigenvalue weighted by Gasteiger charge is 2.19. The Morgan fingerprint density at radius 2 is 2.07 bits per heavy atom. The molecule has 0 spiro atoms. The second-order valence-electron chi connectivity index (χ2n) is 3.83. The van der Waals surface area contributed by atoms with Gasteiger partial charge in [-0.05, 0) is 6.92 Å². The molecule has 0 rings (SSSR count). The summed E-state index contributed by atoms with van der Waals surface area (Å²) in [7, 11) is -3.32. The van der Waals surface area contributed by atoms with Crippen LogP contribution >= 0.6 is 0 Å². The van der Waals surface area contributed by atoms with Crippen LogP contribution in [0.25, 0.3) is 0 Å². The lowest BCUT2D eigenvalue weighted by molar-refractivity contribution is 0.0735. The van der Waals surface area contributed by atoms with Gasteiger partial charge < -0.3 is 4.74 Å². The number of hydrogen-bond acceptors (Lipinski definition) is 3. The fourth-order valence-corrected chi connectivity index (χ4v) is 1.49. The smallest absolute Gasteiger partial charge is 0.233 e. The maximum Gasteiger partial charge on any atom is 0.233 e. The average Bonchev–Trinajstić information content (AvgIpc) is 2.12. The molecule has 14 heavy (non-hydrogen) atoms. The molecule has 0 fully saturated rings. The molecule has 0 radical (unpaired) electrons. The second-order valence-corrected chi connectivity index (χ2v) is 5.55. The highest BCUT2D eigenvalue weighted by Crippen LogP contribution is 2.14. The monoisotopic (exact) mass is 221 g/mol. The predicted octanol–water partition coefficient (Wildman–Crippen LogP) is 1.11. The first-order valence-corrected chi connectivity index (χ1v) is 6.07. The van der Waals surface area contributed by atoms with E-state index in [4.69, 9.17) is 4.74 Å². The molecule has 0 aliphatic heterocycles. The van der Waals surface area contributed by atoms with Crippen molar-refractivity contribution in [3.8, 4) is 0 Å². The Labute approximate surface area is 86.4 Å². The Morgan fingerprint density at radius 3 is 2.50 bits per heavy atom. The van der Waals surface area contributed by atoms with E-state index in [1.54, 1.807) is 0 Å². The van der Waals surface area contributed by atoms with E-state index in [-0.39, 0.29) is 5.41 Å². The first-order valence-electron chi connectivity index (χ1n) is 4.53. The third kappa shape index (κ3) is 6.12. The zero-order valence-electron chi connectivity index (χ0n) is 9.04. The van der Waals surface area contributed by atoms with Gasteiger partial charge in [-0.1, -0.05) is 20.4 Å². The van der Waals surface area contributed by atoms with E-state index in [0.717, 1.165) is 5.41 Å². The molecule has 5 heteroatoms. The summed E-state index contributed by atoms with van der Waals surface area (Å²) in [6.45, 7) is 10.5. The van der Waals surface area contributed by atoms with Gasteiger partial charge in [0.15, 0.2) is 0 Å². The summed E-state index contributed by atoms with van der Waals surface area (Å²) in [4.78, 5) is 0. The van der Waals surface area contributed by atoms with E-state index in [1.165, 1.54) is 0 Å². The van der Waals surface area contributed by atoms with Crippen molar-refractivity contribution < 1.29 is 13.2 Å². The van der Waals surface area contributed by atoms with Crippen LogP contribution in [-0.2, 0) is 14.8 Å². The van der Waals surface area contributed by atoms with Crippen LogP contribution in [0.1, 0.15) is 20.8 Å². The molecule has 0 heterocycles. The minimum Gasteiger partial charge on any atom is -0.381 e. The van der Waals surface area contributed by atoms with Crippen molar-refractivity contribution in [2.24, 2.45) is 5.41 Å². The molecule has 0 unspecified atom stereocenters. The van der Waals surface area contributed by atoms with Crippen molar-refractivity contribution in [2.75, 3.05) is 19.8 Å². The van der Waals surface area contributed by atoms with E-state index in [9.17, 15) is 8.42 Å². The largest absolute Gasteiger partial charge is 0.381 e. The standard InChI is InChI=1S/C9H19NO3S/c1-5-13-8-9(3,4)7-10-14(11,12)6-2/h6,10H,2,5,7-8H2,1,3-4H3. The first kappa shape index (κ1) is 13.6. The number of rotatable bonds is 7. The third-order valence-corrected chi connectivity index (χ3v) is 2.65. The summed E-state index contributed by atoms with van der Waals surface area (Å²) in [5.41, 5.74) is -0.202. The SMILES string of the molecule is C=CS(=O)(=O)NCC(C)(C)COCC. The topological polar surface area (TPSA) is 55.4 Å². The van der Waals surface area contributed by atoms with E-state index < -0.39 is 10.0 Å². The van der Waals surface area contributed by atoms with Crippen molar-refractivity contribution in [1.29, 1.82) is 0 Å². The van der Waals surface area contributed by atoms with Crippen molar-refractivity contribution in [2.45, 2.75) is 20.8 Å². The van der Waals surface area contributed by atoms with Crippen LogP contribution in [0.4, 0.5) is 0 Å². The molecule has 84 valence electrons. The minimum atomic E-state index is -3.32. The minimum absolute atomic E-state index is 0.202. The van der Waals surface area contributed by atoms with Gasteiger partial charge in [-0.25, -0.2) is 13.1 Å². The maximum absolute atomic E-state index is 11.0. The third-order valence-electron chi connectivity index (χ3n) is 1.67. The zero-order chi connectivity index (χ0) is 11.2. The van der Waals surface area contributed by atoms with E-state index in [2.05, 4.69) is 11.3 Å². The summed E-state index contributed by atoms with van der Waals surface area (Å²) in [5, 5.41) is 0.907. The number of nitrogens with one attached hydrogen (secondary N) is 1. The Hall–Kier alpha value is -0.390. The Balaban J connectivity index is 4.05. The highest BCUT2D eigenvalue weighted by molar-refractivity contribution is 7.92. The number of ether oxygens (including phenoxy) is 1. The molecule has 0 aromatic carbocycles. The molecule has 4 nitrogen and oxygen atoms in total. The van der Waals surface area contributed by atoms with Crippen LogP contribution in [0, 0.1) is 5.41 Å². The summed E-state index contributed by atoms with van der Waals surface area (Å²) in [5.74, 6) is 0. The molecule has 0 saturated carbocycles. The summed E-state index contributed by atoms with van der Waals surface area (Å²) in [6, 6.07) is 0. The molecule has 0 aliphatic rings. The number of sulfonamides is 1. The van der Waals surface area contributed by atoms with E-state index in [0.29, 0.717) is 19.8 Å². The van der Waals surface area contributed by atoms with Crippen molar-refractivity contribution in [3.05, 3.63) is 12.0 Å². The van der Waals surface area contributed by atoms with Gasteiger partial charge in [-0.2, -0.15) is 0 Å². The van der Waals surface area contributed by atoms with Gasteiger partial charge in [0.1, 0.15) is 0 Å². The van der Waals surface area contributed by atoms with Crippen LogP contribution < -0.4 is 4.72 Å². The van der Waals surface area contributed by atoms with Crippen molar-refractivity contribution in [3.63, 3.8) is 0 Å². The summed E-state index contributed by atoms with van der Waals surface area (Å²) in [6.07, 6.45) is 0. The van der Waals surface area contributed by atoms with Gasteiger partial charge in [0.2, 0.25) is 10.0 Å². The quantitative estimate of drug-likeness (QED) is 0.700. The van der Waals surface area contributed by atoms with Crippen LogP contribution in [-0.4, -0.2) is 28.2 Å². The summed E-state index contributed by atoms with van der Waals surface area (Å²) >= 11 is 0. The molecule has 0 aromatic rings. The fraction of sp³-hybridized carbons (Fsp3) is 0.778. The molecule has 0 atom stereocenters. The lowest BCUT2D eigenvalue weighted by atomic mass is 9.95. The molecule has 0 saturated heterocycles. The molecule has 0 bridgehead atoms. The fourth-order valence-electron chi connectivity index (χ4n) is 0.784. The van der Waals surface area contributed by atoms with Crippen LogP contribution in [0.5, 0.6) is 0 Å². The molecule has 0 aliphatic carbocycles. The Bertz CT molecular complexity index is 270. The first-order chi connectivity index (χ1) is 6.33. The average molecular weight is 221 g/mol. The van der Waals surface area contributed by atoms with Crippen LogP contribution in [0.2, 0.25) is 0 Å². The second kappa shape index (κ2) is 5.48. The normalized spacial score (nSPS) is 12.8. The van der Waals surface area contributed by atoms with E-state index >= 15 is 0 Å². The predicted molar refractivity (Wildman–Crippen MR) is 57.4 cm³/mol. The highest BCUT2D eigenvalue weighted by atomic mass is 32.2. The zero-order valence-corrected chi connectivity index (χ0v) is 9.86. The van der Waals surface area contributed by atoms with Gasteiger partial charge in [0, 0.05) is 24.0 Å². The lowest BCUT2D eigenvalue weighted by Crippen LogP contribution is -2.35. The van der Waals surface area contributed by atoms with Gasteiger partial charge >= 0.3 is 0 Å². The molecule has 1 N–H and O–H groups in total. The van der Waals surface area contributed by atoms with Gasteiger partial charge in [-0.15, -0.1) is 0 Å². The van der Waals surface area contributed by atoms with Crippen LogP contribution in [0.15, 0.2) is 12.0 Å². The molecule has 0 aromatic heterocycles.